The highest BCUT2D eigenvalue weighted by Crippen LogP contribution is 2.28. The van der Waals surface area contributed by atoms with E-state index in [1.54, 1.807) is 29.3 Å². The van der Waals surface area contributed by atoms with Crippen LogP contribution in [-0.2, 0) is 4.79 Å². The number of benzene rings is 1. The lowest BCUT2D eigenvalue weighted by Gasteiger charge is -2.28. The van der Waals surface area contributed by atoms with E-state index < -0.39 is 6.04 Å². The van der Waals surface area contributed by atoms with Gasteiger partial charge in [0.2, 0.25) is 17.7 Å². The van der Waals surface area contributed by atoms with Gasteiger partial charge in [0.15, 0.2) is 23.1 Å². The Labute approximate surface area is 199 Å². The molecule has 4 N–H and O–H groups in total. The van der Waals surface area contributed by atoms with Crippen molar-refractivity contribution in [1.29, 1.82) is 0 Å². The summed E-state index contributed by atoms with van der Waals surface area (Å²) in [5.74, 6) is 0.807. The van der Waals surface area contributed by atoms with E-state index in [1.807, 2.05) is 30.3 Å². The molecule has 0 radical (unpaired) electrons. The first-order valence-corrected chi connectivity index (χ1v) is 11.5. The predicted octanol–water partition coefficient (Wildman–Crippen LogP) is 2.33. The van der Waals surface area contributed by atoms with Crippen molar-refractivity contribution < 1.29 is 14.3 Å². The Morgan fingerprint density at radius 1 is 1.09 bits per heavy atom. The van der Waals surface area contributed by atoms with Crippen molar-refractivity contribution in [1.82, 2.24) is 34.7 Å². The highest BCUT2D eigenvalue weighted by atomic mass is 16.3. The topological polar surface area (TPSA) is 149 Å². The molecule has 11 nitrogen and oxygen atoms in total. The summed E-state index contributed by atoms with van der Waals surface area (Å²) in [5, 5.41) is 22.6. The van der Waals surface area contributed by atoms with Crippen LogP contribution >= 0.6 is 0 Å². The number of carbonyl (C=O) groups is 1. The van der Waals surface area contributed by atoms with E-state index in [2.05, 4.69) is 25.5 Å². The van der Waals surface area contributed by atoms with Crippen LogP contribution in [0, 0.1) is 0 Å². The lowest BCUT2D eigenvalue weighted by Crippen LogP contribution is -2.42. The Hall–Kier alpha value is -4.25. The van der Waals surface area contributed by atoms with Crippen molar-refractivity contribution in [2.24, 2.45) is 0 Å². The Morgan fingerprint density at radius 2 is 1.89 bits per heavy atom. The number of aliphatic hydroxyl groups is 1. The van der Waals surface area contributed by atoms with E-state index in [1.165, 1.54) is 4.52 Å². The third kappa shape index (κ3) is 3.79. The smallest absolute Gasteiger partial charge is 0.249 e. The number of hydrogen-bond donors (Lipinski definition) is 3. The fraction of sp³-hybridized carbons (Fsp3) is 0.292. The largest absolute Gasteiger partial charge is 0.461 e. The highest BCUT2D eigenvalue weighted by molar-refractivity contribution is 5.92. The molecular weight excluding hydrogens is 448 g/mol. The quantitative estimate of drug-likeness (QED) is 0.353. The second kappa shape index (κ2) is 8.51. The van der Waals surface area contributed by atoms with Crippen molar-refractivity contribution in [3.8, 4) is 11.6 Å². The standard InChI is InChI=1S/C24H24N8O3/c25-24-29-22-17(21-28-20(30-32(21)24)18-7-4-12-35-18)13-26-31(22)19(14-5-2-1-3-6-14)23(34)27-15-8-10-16(33)11-9-15/h1-7,12-13,15-16,19,33H,8-11H2,(H2,25,29)(H,27,34)/t15?,16?,19-/m1/s1. The molecule has 5 aromatic rings. The molecule has 0 spiro atoms. The van der Waals surface area contributed by atoms with E-state index in [0.717, 1.165) is 18.4 Å². The van der Waals surface area contributed by atoms with Gasteiger partial charge in [-0.3, -0.25) is 4.79 Å². The molecular formula is C24H24N8O3. The second-order valence-corrected chi connectivity index (χ2v) is 8.77. The number of anilines is 1. The maximum absolute atomic E-state index is 13.6. The molecule has 1 aromatic carbocycles. The number of aliphatic hydroxyl groups excluding tert-OH is 1. The Morgan fingerprint density at radius 3 is 2.63 bits per heavy atom. The van der Waals surface area contributed by atoms with Crippen molar-refractivity contribution in [3.63, 3.8) is 0 Å². The first kappa shape index (κ1) is 21.3. The molecule has 0 bridgehead atoms. The van der Waals surface area contributed by atoms with Gasteiger partial charge in [-0.25, -0.2) is 9.67 Å². The van der Waals surface area contributed by atoms with Crippen LogP contribution in [0.3, 0.4) is 0 Å². The van der Waals surface area contributed by atoms with Crippen LogP contribution in [0.15, 0.2) is 59.3 Å². The molecule has 4 aromatic heterocycles. The van der Waals surface area contributed by atoms with E-state index in [9.17, 15) is 9.90 Å². The molecule has 4 heterocycles. The molecule has 1 atom stereocenters. The van der Waals surface area contributed by atoms with Gasteiger partial charge in [-0.2, -0.15) is 14.6 Å². The maximum atomic E-state index is 13.6. The number of amides is 1. The van der Waals surface area contributed by atoms with Crippen LogP contribution in [0.5, 0.6) is 0 Å². The zero-order valence-electron chi connectivity index (χ0n) is 18.8. The summed E-state index contributed by atoms with van der Waals surface area (Å²) in [7, 11) is 0. The molecule has 1 saturated carbocycles. The maximum Gasteiger partial charge on any atom is 0.249 e. The summed E-state index contributed by atoms with van der Waals surface area (Å²) in [6.07, 6.45) is 5.68. The van der Waals surface area contributed by atoms with Crippen molar-refractivity contribution in [3.05, 3.63) is 60.5 Å². The second-order valence-electron chi connectivity index (χ2n) is 8.77. The fourth-order valence-electron chi connectivity index (χ4n) is 4.67. The number of nitrogens with zero attached hydrogens (tertiary/aromatic N) is 6. The first-order valence-electron chi connectivity index (χ1n) is 11.5. The van der Waals surface area contributed by atoms with Crippen molar-refractivity contribution >= 4 is 28.5 Å². The summed E-state index contributed by atoms with van der Waals surface area (Å²) >= 11 is 0. The lowest BCUT2D eigenvalue weighted by molar-refractivity contribution is -0.124. The SMILES string of the molecule is Nc1nc2c(cnn2[C@@H](C(=O)NC2CCC(O)CC2)c2ccccc2)c2nc(-c3ccco3)nn12. The summed E-state index contributed by atoms with van der Waals surface area (Å²) in [6, 6.07) is 12.2. The molecule has 0 aliphatic heterocycles. The predicted molar refractivity (Wildman–Crippen MR) is 127 cm³/mol. The van der Waals surface area contributed by atoms with Crippen molar-refractivity contribution in [2.75, 3.05) is 5.73 Å². The van der Waals surface area contributed by atoms with Crippen LogP contribution in [0.1, 0.15) is 37.3 Å². The van der Waals surface area contributed by atoms with Gasteiger partial charge in [-0.05, 0) is 43.4 Å². The number of furan rings is 1. The Balaban J connectivity index is 1.44. The molecule has 35 heavy (non-hydrogen) atoms. The van der Waals surface area contributed by atoms with Gasteiger partial charge in [0.05, 0.1) is 24.0 Å². The van der Waals surface area contributed by atoms with E-state index in [0.29, 0.717) is 41.1 Å². The van der Waals surface area contributed by atoms with Gasteiger partial charge in [0.1, 0.15) is 0 Å². The minimum absolute atomic E-state index is 0.00368. The summed E-state index contributed by atoms with van der Waals surface area (Å²) < 4.78 is 8.44. The molecule has 6 rings (SSSR count). The third-order valence-electron chi connectivity index (χ3n) is 6.45. The number of nitrogen functional groups attached to an aromatic ring is 1. The van der Waals surface area contributed by atoms with Gasteiger partial charge in [-0.15, -0.1) is 5.10 Å². The minimum atomic E-state index is -0.762. The zero-order chi connectivity index (χ0) is 23.9. The summed E-state index contributed by atoms with van der Waals surface area (Å²) in [6.45, 7) is 0. The van der Waals surface area contributed by atoms with Gasteiger partial charge in [0, 0.05) is 6.04 Å². The third-order valence-corrected chi connectivity index (χ3v) is 6.45. The number of carbonyl (C=O) groups excluding carboxylic acids is 1. The van der Waals surface area contributed by atoms with Crippen LogP contribution in [0.25, 0.3) is 28.3 Å². The highest BCUT2D eigenvalue weighted by Gasteiger charge is 2.30. The summed E-state index contributed by atoms with van der Waals surface area (Å²) in [4.78, 5) is 22.7. The lowest BCUT2D eigenvalue weighted by atomic mass is 9.92. The Bertz CT molecular complexity index is 1480. The molecule has 11 heteroatoms. The van der Waals surface area contributed by atoms with Gasteiger partial charge in [0.25, 0.3) is 0 Å². The van der Waals surface area contributed by atoms with Crippen LogP contribution in [-0.4, -0.2) is 52.5 Å². The Kier molecular flexibility index (Phi) is 5.18. The molecule has 0 unspecified atom stereocenters. The van der Waals surface area contributed by atoms with Crippen LogP contribution < -0.4 is 11.1 Å². The normalized spacial score (nSPS) is 19.2. The van der Waals surface area contributed by atoms with Gasteiger partial charge in [-0.1, -0.05) is 30.3 Å². The molecule has 0 saturated heterocycles. The van der Waals surface area contributed by atoms with Crippen molar-refractivity contribution in [2.45, 2.75) is 43.9 Å². The summed E-state index contributed by atoms with van der Waals surface area (Å²) in [5.41, 5.74) is 7.91. The van der Waals surface area contributed by atoms with E-state index >= 15 is 0 Å². The number of rotatable bonds is 5. The number of aromatic nitrogens is 6. The van der Waals surface area contributed by atoms with Gasteiger partial charge >= 0.3 is 0 Å². The molecule has 1 aliphatic carbocycles. The van der Waals surface area contributed by atoms with E-state index in [-0.39, 0.29) is 24.0 Å². The minimum Gasteiger partial charge on any atom is -0.461 e. The number of nitrogens with one attached hydrogen (secondary N) is 1. The average molecular weight is 473 g/mol. The number of nitrogens with two attached hydrogens (primary N) is 1. The molecule has 1 aliphatic rings. The van der Waals surface area contributed by atoms with E-state index in [4.69, 9.17) is 10.2 Å². The number of fused-ring (bicyclic) bond motifs is 3. The molecule has 178 valence electrons. The zero-order valence-corrected chi connectivity index (χ0v) is 18.8. The van der Waals surface area contributed by atoms with Gasteiger partial charge < -0.3 is 20.6 Å². The monoisotopic (exact) mass is 472 g/mol. The molecule has 1 amide bonds. The number of hydrogen-bond acceptors (Lipinski definition) is 8. The average Bonchev–Trinajstić information content (AvgIpc) is 3.62. The first-order chi connectivity index (χ1) is 17.1. The molecule has 1 fully saturated rings. The van der Waals surface area contributed by atoms with Crippen LogP contribution in [0.2, 0.25) is 0 Å². The fourth-order valence-corrected chi connectivity index (χ4v) is 4.67. The van der Waals surface area contributed by atoms with Crippen LogP contribution in [0.4, 0.5) is 5.95 Å².